The molecule has 1 N–H and O–H groups in total. The van der Waals surface area contributed by atoms with Gasteiger partial charge in [-0.2, -0.15) is 0 Å². The summed E-state index contributed by atoms with van der Waals surface area (Å²) in [6.07, 6.45) is 13.6. The van der Waals surface area contributed by atoms with E-state index >= 15 is 0 Å². The molecule has 0 bridgehead atoms. The molecule has 0 amide bonds. The Labute approximate surface area is 137 Å². The highest BCUT2D eigenvalue weighted by Gasteiger charge is 2.18. The summed E-state index contributed by atoms with van der Waals surface area (Å²) in [5.74, 6) is 0. The maximum Gasteiger partial charge on any atom is 0.0459 e. The Morgan fingerprint density at radius 1 is 0.913 bits per heavy atom. The van der Waals surface area contributed by atoms with E-state index in [-0.39, 0.29) is 0 Å². The summed E-state index contributed by atoms with van der Waals surface area (Å²) >= 11 is 0. The van der Waals surface area contributed by atoms with Crippen molar-refractivity contribution in [1.82, 2.24) is 5.32 Å². The van der Waals surface area contributed by atoms with Gasteiger partial charge < -0.3 is 5.32 Å². The average Bonchev–Trinajstić information content (AvgIpc) is 2.83. The fraction of sp³-hybridized carbons (Fsp3) is 0.0909. The van der Waals surface area contributed by atoms with Crippen LogP contribution in [0.5, 0.6) is 0 Å². The number of nitrogens with one attached hydrogen (secondary N) is 1. The smallest absolute Gasteiger partial charge is 0.0459 e. The van der Waals surface area contributed by atoms with Gasteiger partial charge in [-0.05, 0) is 53.8 Å². The number of benzene rings is 2. The van der Waals surface area contributed by atoms with Gasteiger partial charge >= 0.3 is 0 Å². The largest absolute Gasteiger partial charge is 0.361 e. The van der Waals surface area contributed by atoms with E-state index in [1.807, 2.05) is 18.4 Å². The van der Waals surface area contributed by atoms with E-state index in [2.05, 4.69) is 72.9 Å². The summed E-state index contributed by atoms with van der Waals surface area (Å²) < 4.78 is 0. The van der Waals surface area contributed by atoms with Crippen molar-refractivity contribution in [3.05, 3.63) is 101 Å². The quantitative estimate of drug-likeness (QED) is 0.812. The van der Waals surface area contributed by atoms with Gasteiger partial charge in [0.1, 0.15) is 0 Å². The predicted molar refractivity (Wildman–Crippen MR) is 98.6 cm³/mol. The van der Waals surface area contributed by atoms with Crippen molar-refractivity contribution in [3.63, 3.8) is 0 Å². The third-order valence-electron chi connectivity index (χ3n) is 4.43. The molecule has 2 aromatic carbocycles. The normalized spacial score (nSPS) is 15.5. The molecular formula is C22H19N. The third kappa shape index (κ3) is 2.66. The zero-order chi connectivity index (χ0) is 15.6. The van der Waals surface area contributed by atoms with Crippen LogP contribution < -0.4 is 5.32 Å². The minimum absolute atomic E-state index is 1.01. The van der Waals surface area contributed by atoms with Gasteiger partial charge in [-0.3, -0.25) is 0 Å². The van der Waals surface area contributed by atoms with E-state index < -0.39 is 0 Å². The fourth-order valence-corrected chi connectivity index (χ4v) is 3.18. The third-order valence-corrected chi connectivity index (χ3v) is 4.43. The second-order valence-electron chi connectivity index (χ2n) is 6.06. The molecule has 2 aromatic rings. The number of hydrogen-bond acceptors (Lipinski definition) is 1. The molecule has 0 spiro atoms. The van der Waals surface area contributed by atoms with Gasteiger partial charge in [0.25, 0.3) is 0 Å². The van der Waals surface area contributed by atoms with Crippen LogP contribution in [0.1, 0.15) is 27.8 Å². The number of allylic oxidation sites excluding steroid dienone is 5. The Morgan fingerprint density at radius 3 is 2.65 bits per heavy atom. The van der Waals surface area contributed by atoms with E-state index in [1.54, 1.807) is 0 Å². The summed E-state index contributed by atoms with van der Waals surface area (Å²) in [6.45, 7) is 2.13. The van der Waals surface area contributed by atoms with Crippen LogP contribution in [0.4, 0.5) is 0 Å². The minimum atomic E-state index is 1.01. The molecule has 4 rings (SSSR count). The molecule has 0 unspecified atom stereocenters. The van der Waals surface area contributed by atoms with Crippen LogP contribution in [0.25, 0.3) is 17.3 Å². The lowest BCUT2D eigenvalue weighted by molar-refractivity contribution is 1.21. The second-order valence-corrected chi connectivity index (χ2v) is 6.06. The van der Waals surface area contributed by atoms with E-state index in [1.165, 1.54) is 33.4 Å². The molecule has 0 saturated carbocycles. The Bertz CT molecular complexity index is 861. The van der Waals surface area contributed by atoms with E-state index in [0.717, 1.165) is 12.1 Å². The standard InChI is InChI=1S/C22H19N/c1-16-9-11-17(12-10-16)19-14-18-6-5-7-20(21(18)15-19)22-8-3-2-4-13-23-22/h2-13,15,23H,14H2,1H3. The lowest BCUT2D eigenvalue weighted by Gasteiger charge is -2.11. The summed E-state index contributed by atoms with van der Waals surface area (Å²) in [4.78, 5) is 0. The van der Waals surface area contributed by atoms with E-state index in [9.17, 15) is 0 Å². The fourth-order valence-electron chi connectivity index (χ4n) is 3.18. The molecule has 0 fully saturated rings. The summed E-state index contributed by atoms with van der Waals surface area (Å²) in [5, 5.41) is 3.38. The number of rotatable bonds is 2. The van der Waals surface area contributed by atoms with Gasteiger partial charge in [-0.1, -0.05) is 60.2 Å². The maximum atomic E-state index is 3.38. The molecule has 0 radical (unpaired) electrons. The summed E-state index contributed by atoms with van der Waals surface area (Å²) in [7, 11) is 0. The van der Waals surface area contributed by atoms with E-state index in [0.29, 0.717) is 0 Å². The first-order valence-corrected chi connectivity index (χ1v) is 8.01. The molecule has 0 atom stereocenters. The van der Waals surface area contributed by atoms with Crippen LogP contribution in [-0.4, -0.2) is 0 Å². The van der Waals surface area contributed by atoms with Gasteiger partial charge in [-0.25, -0.2) is 0 Å². The molecule has 1 heterocycles. The van der Waals surface area contributed by atoms with E-state index in [4.69, 9.17) is 0 Å². The van der Waals surface area contributed by atoms with Crippen molar-refractivity contribution >= 4 is 17.3 Å². The van der Waals surface area contributed by atoms with Gasteiger partial charge in [0.05, 0.1) is 0 Å². The van der Waals surface area contributed by atoms with Gasteiger partial charge in [-0.15, -0.1) is 0 Å². The van der Waals surface area contributed by atoms with Crippen LogP contribution in [0, 0.1) is 6.92 Å². The first-order chi connectivity index (χ1) is 11.3. The van der Waals surface area contributed by atoms with Crippen LogP contribution in [0.3, 0.4) is 0 Å². The predicted octanol–water partition coefficient (Wildman–Crippen LogP) is 5.11. The Kier molecular flexibility index (Phi) is 3.47. The maximum absolute atomic E-state index is 3.38. The van der Waals surface area contributed by atoms with Crippen molar-refractivity contribution in [3.8, 4) is 0 Å². The zero-order valence-electron chi connectivity index (χ0n) is 13.2. The minimum Gasteiger partial charge on any atom is -0.361 e. The molecule has 0 aromatic heterocycles. The first-order valence-electron chi connectivity index (χ1n) is 8.01. The molecule has 2 aliphatic rings. The van der Waals surface area contributed by atoms with Crippen LogP contribution in [0.15, 0.2) is 73.0 Å². The van der Waals surface area contributed by atoms with Crippen molar-refractivity contribution < 1.29 is 0 Å². The van der Waals surface area contributed by atoms with Crippen LogP contribution in [0.2, 0.25) is 0 Å². The number of hydrogen-bond donors (Lipinski definition) is 1. The number of fused-ring (bicyclic) bond motifs is 1. The highest BCUT2D eigenvalue weighted by atomic mass is 14.8. The molecule has 112 valence electrons. The molecular weight excluding hydrogens is 278 g/mol. The monoisotopic (exact) mass is 297 g/mol. The Morgan fingerprint density at radius 2 is 1.78 bits per heavy atom. The topological polar surface area (TPSA) is 12.0 Å². The summed E-state index contributed by atoms with van der Waals surface area (Å²) in [6, 6.07) is 15.4. The highest BCUT2D eigenvalue weighted by Crippen LogP contribution is 2.35. The molecule has 1 nitrogen and oxygen atoms in total. The van der Waals surface area contributed by atoms with Crippen molar-refractivity contribution in [1.29, 1.82) is 0 Å². The molecule has 23 heavy (non-hydrogen) atoms. The van der Waals surface area contributed by atoms with Crippen molar-refractivity contribution in [2.75, 3.05) is 0 Å². The van der Waals surface area contributed by atoms with Crippen LogP contribution >= 0.6 is 0 Å². The van der Waals surface area contributed by atoms with Gasteiger partial charge in [0.15, 0.2) is 0 Å². The summed E-state index contributed by atoms with van der Waals surface area (Å²) in [5.41, 5.74) is 9.17. The molecule has 0 saturated heterocycles. The highest BCUT2D eigenvalue weighted by molar-refractivity contribution is 5.92. The lowest BCUT2D eigenvalue weighted by Crippen LogP contribution is -2.04. The molecule has 1 aliphatic carbocycles. The SMILES string of the molecule is Cc1ccc(C2=Cc3c(cccc3C3=CC=CC=CN3)C2)cc1. The second kappa shape index (κ2) is 5.77. The van der Waals surface area contributed by atoms with Gasteiger partial charge in [0, 0.05) is 17.5 Å². The van der Waals surface area contributed by atoms with Crippen molar-refractivity contribution in [2.45, 2.75) is 13.3 Å². The Balaban J connectivity index is 1.76. The Hall–Kier alpha value is -2.80. The van der Waals surface area contributed by atoms with Gasteiger partial charge in [0.2, 0.25) is 0 Å². The number of aryl methyl sites for hydroxylation is 1. The lowest BCUT2D eigenvalue weighted by atomic mass is 10.0. The average molecular weight is 297 g/mol. The molecule has 1 heteroatoms. The first kappa shape index (κ1) is 13.8. The molecule has 1 aliphatic heterocycles. The van der Waals surface area contributed by atoms with Crippen LogP contribution in [-0.2, 0) is 6.42 Å². The zero-order valence-corrected chi connectivity index (χ0v) is 13.2. The van der Waals surface area contributed by atoms with Crippen molar-refractivity contribution in [2.24, 2.45) is 0 Å².